The fourth-order valence-corrected chi connectivity index (χ4v) is 4.78. The maximum atomic E-state index is 12.1. The van der Waals surface area contributed by atoms with Gasteiger partial charge in [-0.15, -0.1) is 0 Å². The van der Waals surface area contributed by atoms with Gasteiger partial charge in [-0.05, 0) is 36.8 Å². The molecule has 0 saturated carbocycles. The minimum Gasteiger partial charge on any atom is -0.468 e. The second-order valence-electron chi connectivity index (χ2n) is 8.45. The van der Waals surface area contributed by atoms with E-state index in [1.165, 1.54) is 6.33 Å². The number of aliphatic hydroxyl groups excluding tert-OH is 1. The first-order valence-corrected chi connectivity index (χ1v) is 12.8. The summed E-state index contributed by atoms with van der Waals surface area (Å²) in [6.07, 6.45) is 4.54. The minimum absolute atomic E-state index is 0.230. The van der Waals surface area contributed by atoms with Crippen LogP contribution in [0.4, 0.5) is 17.2 Å². The van der Waals surface area contributed by atoms with E-state index >= 15 is 0 Å². The monoisotopic (exact) mass is 471 g/mol. The number of ether oxygens (including phenoxy) is 3. The average Bonchev–Trinajstić information content (AvgIpc) is 3.31. The minimum atomic E-state index is -2.29. The average molecular weight is 472 g/mol. The highest BCUT2D eigenvalue weighted by Gasteiger charge is 2.48. The molecule has 2 N–H and O–H groups in total. The van der Waals surface area contributed by atoms with Crippen LogP contribution in [0.1, 0.15) is 5.56 Å². The van der Waals surface area contributed by atoms with Crippen LogP contribution in [0.3, 0.4) is 0 Å². The number of aryl methyl sites for hydroxylation is 1. The first-order chi connectivity index (χ1) is 15.8. The molecule has 174 valence electrons. The molecule has 3 aromatic rings. The molecule has 0 aliphatic carbocycles. The lowest BCUT2D eigenvalue weighted by molar-refractivity contribution is 0.00795. The van der Waals surface area contributed by atoms with Crippen LogP contribution in [-0.2, 0) is 19.2 Å². The number of pyridine rings is 1. The first kappa shape index (κ1) is 22.0. The fourth-order valence-electron chi connectivity index (χ4n) is 4.17. The van der Waals surface area contributed by atoms with E-state index in [0.717, 1.165) is 10.9 Å². The van der Waals surface area contributed by atoms with Crippen molar-refractivity contribution in [1.29, 1.82) is 0 Å². The predicted octanol–water partition coefficient (Wildman–Crippen LogP) is 2.34. The number of fused-ring (bicyclic) bond motifs is 2. The van der Waals surface area contributed by atoms with Crippen LogP contribution in [0.2, 0.25) is 0 Å². The van der Waals surface area contributed by atoms with Crippen LogP contribution in [-0.4, -0.2) is 74.4 Å². The molecule has 2 aliphatic rings. The number of nitrogens with zero attached hydrogens (tertiary/aromatic N) is 4. The third kappa shape index (κ3) is 4.49. The van der Waals surface area contributed by atoms with Crippen LogP contribution in [0.5, 0.6) is 5.88 Å². The molecule has 33 heavy (non-hydrogen) atoms. The smallest absolute Gasteiger partial charge is 0.238 e. The molecule has 0 spiro atoms. The van der Waals surface area contributed by atoms with Crippen LogP contribution in [0.25, 0.3) is 10.9 Å². The van der Waals surface area contributed by atoms with Gasteiger partial charge in [-0.2, -0.15) is 4.36 Å². The molecule has 2 saturated heterocycles. The standard InChI is InChI=1S/C22H25N5O5S/c1-12-7-13(27-33(2,3)29)8-15-18(12)21(25-11-24-15)26-14-5-4-6-23-22(14)32-17-10-31-19-16(28)9-30-20(17)19/h4-8,11,16-17,19-20,28H,9-10H2,1-3H3,(H,24,25,26)/t16-,17-,19-,20-/m1/s1. The third-order valence-corrected chi connectivity index (χ3v) is 6.16. The Morgan fingerprint density at radius 3 is 2.82 bits per heavy atom. The molecule has 0 bridgehead atoms. The van der Waals surface area contributed by atoms with Crippen molar-refractivity contribution in [3.8, 4) is 5.88 Å². The fraction of sp³-hybridized carbons (Fsp3) is 0.409. The topological polar surface area (TPSA) is 128 Å². The highest BCUT2D eigenvalue weighted by atomic mass is 32.2. The van der Waals surface area contributed by atoms with Gasteiger partial charge in [0.2, 0.25) is 5.88 Å². The van der Waals surface area contributed by atoms with E-state index in [9.17, 15) is 9.32 Å². The van der Waals surface area contributed by atoms with E-state index < -0.39 is 15.8 Å². The van der Waals surface area contributed by atoms with E-state index in [2.05, 4.69) is 24.6 Å². The number of aliphatic hydroxyl groups is 1. The highest BCUT2D eigenvalue weighted by molar-refractivity contribution is 7.92. The predicted molar refractivity (Wildman–Crippen MR) is 124 cm³/mol. The molecule has 1 aromatic carbocycles. The number of rotatable bonds is 5. The Bertz CT molecular complexity index is 1320. The molecule has 5 rings (SSSR count). The maximum Gasteiger partial charge on any atom is 0.238 e. The normalized spacial score (nSPS) is 24.6. The number of aromatic nitrogens is 3. The summed E-state index contributed by atoms with van der Waals surface area (Å²) in [6, 6.07) is 7.30. The Morgan fingerprint density at radius 2 is 2.00 bits per heavy atom. The van der Waals surface area contributed by atoms with Crippen molar-refractivity contribution in [3.05, 3.63) is 42.4 Å². The number of hydrogen-bond acceptors (Lipinski definition) is 10. The molecule has 0 amide bonds. The van der Waals surface area contributed by atoms with Gasteiger partial charge >= 0.3 is 0 Å². The molecule has 11 heteroatoms. The van der Waals surface area contributed by atoms with Crippen LogP contribution >= 0.6 is 0 Å². The van der Waals surface area contributed by atoms with Crippen molar-refractivity contribution < 1.29 is 23.5 Å². The van der Waals surface area contributed by atoms with Gasteiger partial charge in [-0.25, -0.2) is 19.2 Å². The van der Waals surface area contributed by atoms with Crippen molar-refractivity contribution in [2.45, 2.75) is 31.3 Å². The number of anilines is 2. The molecule has 0 unspecified atom stereocenters. The van der Waals surface area contributed by atoms with Gasteiger partial charge in [-0.1, -0.05) is 0 Å². The zero-order valence-electron chi connectivity index (χ0n) is 18.5. The van der Waals surface area contributed by atoms with Crippen LogP contribution in [0.15, 0.2) is 41.2 Å². The Labute approximate surface area is 191 Å². The Hall–Kier alpha value is -2.86. The molecule has 2 fully saturated rings. The van der Waals surface area contributed by atoms with Crippen LogP contribution < -0.4 is 10.1 Å². The Balaban J connectivity index is 1.46. The molecular weight excluding hydrogens is 446 g/mol. The van der Waals surface area contributed by atoms with Crippen molar-refractivity contribution in [1.82, 2.24) is 15.0 Å². The van der Waals surface area contributed by atoms with Crippen molar-refractivity contribution in [2.24, 2.45) is 4.36 Å². The summed E-state index contributed by atoms with van der Waals surface area (Å²) in [5.74, 6) is 0.966. The second kappa shape index (κ2) is 8.49. The molecule has 4 heterocycles. The van der Waals surface area contributed by atoms with E-state index in [-0.39, 0.29) is 24.9 Å². The van der Waals surface area contributed by atoms with E-state index in [1.54, 1.807) is 30.8 Å². The maximum absolute atomic E-state index is 12.1. The number of hydrogen-bond donors (Lipinski definition) is 2. The van der Waals surface area contributed by atoms with Gasteiger partial charge in [0.05, 0.1) is 24.4 Å². The van der Waals surface area contributed by atoms with Gasteiger partial charge in [0.15, 0.2) is 6.10 Å². The van der Waals surface area contributed by atoms with Gasteiger partial charge in [0.1, 0.15) is 36.1 Å². The summed E-state index contributed by atoms with van der Waals surface area (Å²) in [7, 11) is -2.29. The lowest BCUT2D eigenvalue weighted by Gasteiger charge is -2.19. The van der Waals surface area contributed by atoms with E-state index in [0.29, 0.717) is 35.2 Å². The third-order valence-electron chi connectivity index (χ3n) is 5.51. The van der Waals surface area contributed by atoms with Crippen LogP contribution in [0, 0.1) is 6.92 Å². The molecule has 2 aromatic heterocycles. The summed E-state index contributed by atoms with van der Waals surface area (Å²) in [5, 5.41) is 14.1. The molecule has 4 atom stereocenters. The quantitative estimate of drug-likeness (QED) is 0.576. The van der Waals surface area contributed by atoms with Gasteiger partial charge in [-0.3, -0.25) is 0 Å². The Kier molecular flexibility index (Phi) is 5.65. The molecule has 10 nitrogen and oxygen atoms in total. The van der Waals surface area contributed by atoms with Crippen molar-refractivity contribution >= 4 is 37.8 Å². The number of benzene rings is 1. The summed E-state index contributed by atoms with van der Waals surface area (Å²) < 4.78 is 33.8. The Morgan fingerprint density at radius 1 is 1.18 bits per heavy atom. The summed E-state index contributed by atoms with van der Waals surface area (Å²) in [5.41, 5.74) is 2.81. The van der Waals surface area contributed by atoms with Gasteiger partial charge in [0.25, 0.3) is 0 Å². The molecular formula is C22H25N5O5S. The lowest BCUT2D eigenvalue weighted by Crippen LogP contribution is -2.34. The van der Waals surface area contributed by atoms with Crippen molar-refractivity contribution in [2.75, 3.05) is 31.0 Å². The first-order valence-electron chi connectivity index (χ1n) is 10.5. The summed E-state index contributed by atoms with van der Waals surface area (Å²) >= 11 is 0. The van der Waals surface area contributed by atoms with Gasteiger partial charge < -0.3 is 24.6 Å². The SMILES string of the molecule is Cc1cc(N=S(C)(C)=O)cc2ncnc(Nc3cccnc3O[C@@H]3CO[C@H]4[C@@H]3OC[C@H]4O)c12. The zero-order valence-corrected chi connectivity index (χ0v) is 19.3. The van der Waals surface area contributed by atoms with Crippen molar-refractivity contribution in [3.63, 3.8) is 0 Å². The number of nitrogens with one attached hydrogen (secondary N) is 1. The van der Waals surface area contributed by atoms with Gasteiger partial charge in [0, 0.05) is 33.8 Å². The molecule has 2 aliphatic heterocycles. The summed E-state index contributed by atoms with van der Waals surface area (Å²) in [6.45, 7) is 2.47. The molecule has 0 radical (unpaired) electrons. The lowest BCUT2D eigenvalue weighted by atomic mass is 10.1. The van der Waals surface area contributed by atoms with E-state index in [4.69, 9.17) is 14.2 Å². The largest absolute Gasteiger partial charge is 0.468 e. The van der Waals surface area contributed by atoms with E-state index in [1.807, 2.05) is 19.1 Å². The second-order valence-corrected chi connectivity index (χ2v) is 11.0. The highest BCUT2D eigenvalue weighted by Crippen LogP contribution is 2.35. The summed E-state index contributed by atoms with van der Waals surface area (Å²) in [4.78, 5) is 13.2. The zero-order chi connectivity index (χ0) is 23.2.